The predicted molar refractivity (Wildman–Crippen MR) is 75.5 cm³/mol. The van der Waals surface area contributed by atoms with Gasteiger partial charge in [-0.1, -0.05) is 26.2 Å². The molecule has 4 heteroatoms. The Kier molecular flexibility index (Phi) is 4.85. The van der Waals surface area contributed by atoms with E-state index in [9.17, 15) is 9.90 Å². The summed E-state index contributed by atoms with van der Waals surface area (Å²) in [6, 6.07) is -0.0259. The molecule has 0 aromatic rings. The third-order valence-electron chi connectivity index (χ3n) is 5.10. The van der Waals surface area contributed by atoms with Crippen molar-refractivity contribution in [3.63, 3.8) is 0 Å². The second-order valence-electron chi connectivity index (χ2n) is 6.47. The summed E-state index contributed by atoms with van der Waals surface area (Å²) in [4.78, 5) is 14.5. The molecule has 2 rings (SSSR count). The number of carbonyl (C=O) groups excluding carboxylic acids is 1. The van der Waals surface area contributed by atoms with Gasteiger partial charge >= 0.3 is 0 Å². The molecule has 0 spiro atoms. The maximum atomic E-state index is 12.7. The molecule has 2 aliphatic rings. The molecule has 0 aromatic heterocycles. The molecule has 0 saturated heterocycles. The van der Waals surface area contributed by atoms with Crippen LogP contribution in [0.1, 0.15) is 51.9 Å². The van der Waals surface area contributed by atoms with E-state index in [2.05, 4.69) is 6.92 Å². The zero-order valence-corrected chi connectivity index (χ0v) is 12.2. The van der Waals surface area contributed by atoms with Gasteiger partial charge < -0.3 is 15.7 Å². The van der Waals surface area contributed by atoms with Gasteiger partial charge in [-0.25, -0.2) is 0 Å². The smallest absolute Gasteiger partial charge is 0.227 e. The first kappa shape index (κ1) is 14.8. The molecule has 5 unspecified atom stereocenters. The van der Waals surface area contributed by atoms with Crippen LogP contribution < -0.4 is 5.73 Å². The van der Waals surface area contributed by atoms with Crippen molar-refractivity contribution in [1.29, 1.82) is 0 Å². The van der Waals surface area contributed by atoms with E-state index in [1.807, 2.05) is 7.05 Å². The van der Waals surface area contributed by atoms with Crippen LogP contribution in [0.4, 0.5) is 0 Å². The minimum Gasteiger partial charge on any atom is -0.391 e. The van der Waals surface area contributed by atoms with Gasteiger partial charge in [0.2, 0.25) is 5.91 Å². The molecule has 0 aliphatic heterocycles. The Morgan fingerprint density at radius 1 is 1.16 bits per heavy atom. The maximum absolute atomic E-state index is 12.7. The molecule has 0 heterocycles. The van der Waals surface area contributed by atoms with Gasteiger partial charge in [0.05, 0.1) is 18.1 Å². The minimum atomic E-state index is -0.363. The van der Waals surface area contributed by atoms with Crippen LogP contribution in [0.3, 0.4) is 0 Å². The Bertz CT molecular complexity index is 311. The van der Waals surface area contributed by atoms with Gasteiger partial charge in [-0.2, -0.15) is 0 Å². The number of nitrogens with two attached hydrogens (primary N) is 1. The van der Waals surface area contributed by atoms with Crippen LogP contribution in [0, 0.1) is 11.8 Å². The lowest BCUT2D eigenvalue weighted by atomic mass is 9.76. The fourth-order valence-corrected chi connectivity index (χ4v) is 3.83. The molecule has 2 fully saturated rings. The number of amides is 1. The Morgan fingerprint density at radius 3 is 2.47 bits per heavy atom. The van der Waals surface area contributed by atoms with Crippen molar-refractivity contribution in [1.82, 2.24) is 4.90 Å². The molecule has 1 amide bonds. The summed E-state index contributed by atoms with van der Waals surface area (Å²) in [5.74, 6) is 0.443. The number of aliphatic hydroxyl groups is 1. The van der Waals surface area contributed by atoms with Crippen molar-refractivity contribution >= 4 is 5.91 Å². The highest BCUT2D eigenvalue weighted by molar-refractivity contribution is 5.80. The summed E-state index contributed by atoms with van der Waals surface area (Å²) in [7, 11) is 1.84. The van der Waals surface area contributed by atoms with Crippen LogP contribution >= 0.6 is 0 Å². The van der Waals surface area contributed by atoms with Crippen LogP contribution in [0.2, 0.25) is 0 Å². The summed E-state index contributed by atoms with van der Waals surface area (Å²) < 4.78 is 0. The van der Waals surface area contributed by atoms with E-state index in [-0.39, 0.29) is 30.0 Å². The third-order valence-corrected chi connectivity index (χ3v) is 5.10. The van der Waals surface area contributed by atoms with E-state index in [0.717, 1.165) is 44.9 Å². The molecule has 19 heavy (non-hydrogen) atoms. The molecule has 0 aromatic carbocycles. The summed E-state index contributed by atoms with van der Waals surface area (Å²) in [5, 5.41) is 10.1. The van der Waals surface area contributed by atoms with E-state index in [4.69, 9.17) is 5.73 Å². The molecular formula is C15H28N2O2. The number of rotatable bonds is 2. The minimum absolute atomic E-state index is 0.0115. The Labute approximate surface area is 116 Å². The first-order valence-corrected chi connectivity index (χ1v) is 7.72. The Balaban J connectivity index is 2.04. The van der Waals surface area contributed by atoms with Crippen molar-refractivity contribution in [2.24, 2.45) is 17.6 Å². The molecule has 3 N–H and O–H groups in total. The fraction of sp³-hybridized carbons (Fsp3) is 0.933. The number of nitrogens with zero attached hydrogens (tertiary/aromatic N) is 1. The van der Waals surface area contributed by atoms with Crippen molar-refractivity contribution in [2.45, 2.75) is 70.1 Å². The molecular weight excluding hydrogens is 240 g/mol. The Morgan fingerprint density at radius 2 is 1.84 bits per heavy atom. The van der Waals surface area contributed by atoms with Crippen LogP contribution in [0.25, 0.3) is 0 Å². The van der Waals surface area contributed by atoms with E-state index in [1.54, 1.807) is 4.90 Å². The Hall–Kier alpha value is -0.610. The number of hydrogen-bond acceptors (Lipinski definition) is 3. The monoisotopic (exact) mass is 268 g/mol. The summed E-state index contributed by atoms with van der Waals surface area (Å²) >= 11 is 0. The lowest BCUT2D eigenvalue weighted by molar-refractivity contribution is -0.143. The molecule has 4 nitrogen and oxygen atoms in total. The number of carbonyl (C=O) groups is 1. The van der Waals surface area contributed by atoms with Gasteiger partial charge in [-0.15, -0.1) is 0 Å². The van der Waals surface area contributed by atoms with E-state index >= 15 is 0 Å². The van der Waals surface area contributed by atoms with Crippen LogP contribution in [-0.4, -0.2) is 41.1 Å². The predicted octanol–water partition coefficient (Wildman–Crippen LogP) is 1.51. The maximum Gasteiger partial charge on any atom is 0.227 e. The van der Waals surface area contributed by atoms with Crippen LogP contribution in [0.5, 0.6) is 0 Å². The van der Waals surface area contributed by atoms with Gasteiger partial charge in [-0.05, 0) is 31.6 Å². The quantitative estimate of drug-likeness (QED) is 0.798. The van der Waals surface area contributed by atoms with Crippen molar-refractivity contribution in [2.75, 3.05) is 7.05 Å². The van der Waals surface area contributed by atoms with Gasteiger partial charge in [0.1, 0.15) is 0 Å². The zero-order valence-electron chi connectivity index (χ0n) is 12.2. The van der Waals surface area contributed by atoms with Crippen molar-refractivity contribution < 1.29 is 9.90 Å². The highest BCUT2D eigenvalue weighted by Gasteiger charge is 2.39. The van der Waals surface area contributed by atoms with Crippen molar-refractivity contribution in [3.8, 4) is 0 Å². The highest BCUT2D eigenvalue weighted by Crippen LogP contribution is 2.32. The van der Waals surface area contributed by atoms with E-state index in [1.165, 1.54) is 0 Å². The largest absolute Gasteiger partial charge is 0.391 e. The standard InChI is InChI=1S/C15H28N2O2/c1-10-6-5-7-11(16)14(10)15(19)17(2)12-8-3-4-9-13(12)18/h10-14,18H,3-9,16H2,1-2H3. The normalized spacial score (nSPS) is 39.9. The van der Waals surface area contributed by atoms with Gasteiger partial charge in [-0.3, -0.25) is 4.79 Å². The summed E-state index contributed by atoms with van der Waals surface area (Å²) in [5.41, 5.74) is 6.16. The second-order valence-corrected chi connectivity index (χ2v) is 6.47. The van der Waals surface area contributed by atoms with Crippen molar-refractivity contribution in [3.05, 3.63) is 0 Å². The van der Waals surface area contributed by atoms with E-state index in [0.29, 0.717) is 5.92 Å². The SMILES string of the molecule is CC1CCCC(N)C1C(=O)N(C)C1CCCCC1O. The first-order chi connectivity index (χ1) is 9.02. The average Bonchev–Trinajstić information content (AvgIpc) is 2.38. The van der Waals surface area contributed by atoms with Crippen LogP contribution in [-0.2, 0) is 4.79 Å². The lowest BCUT2D eigenvalue weighted by Gasteiger charge is -2.41. The molecule has 110 valence electrons. The first-order valence-electron chi connectivity index (χ1n) is 7.72. The second kappa shape index (κ2) is 6.23. The van der Waals surface area contributed by atoms with E-state index < -0.39 is 0 Å². The molecule has 0 bridgehead atoms. The number of likely N-dealkylation sites (N-methyl/N-ethyl adjacent to an activating group) is 1. The molecule has 0 radical (unpaired) electrons. The number of aliphatic hydroxyl groups excluding tert-OH is 1. The summed E-state index contributed by atoms with van der Waals surface area (Å²) in [6.07, 6.45) is 6.70. The van der Waals surface area contributed by atoms with Gasteiger partial charge in [0.25, 0.3) is 0 Å². The third kappa shape index (κ3) is 3.11. The van der Waals surface area contributed by atoms with Gasteiger partial charge in [0.15, 0.2) is 0 Å². The molecule has 5 atom stereocenters. The number of hydrogen-bond donors (Lipinski definition) is 2. The summed E-state index contributed by atoms with van der Waals surface area (Å²) in [6.45, 7) is 2.13. The molecule has 2 saturated carbocycles. The lowest BCUT2D eigenvalue weighted by Crippen LogP contribution is -2.53. The zero-order chi connectivity index (χ0) is 14.0. The highest BCUT2D eigenvalue weighted by atomic mass is 16.3. The average molecular weight is 268 g/mol. The van der Waals surface area contributed by atoms with Crippen LogP contribution in [0.15, 0.2) is 0 Å². The topological polar surface area (TPSA) is 66.6 Å². The molecule has 2 aliphatic carbocycles. The fourth-order valence-electron chi connectivity index (χ4n) is 3.83. The van der Waals surface area contributed by atoms with Gasteiger partial charge in [0, 0.05) is 13.1 Å².